The molecule has 2 aromatic heterocycles. The van der Waals surface area contributed by atoms with E-state index in [0.717, 1.165) is 6.07 Å². The topological polar surface area (TPSA) is 43.6 Å². The second-order valence-corrected chi connectivity index (χ2v) is 4.99. The smallest absolute Gasteiger partial charge is 0.226 e. The van der Waals surface area contributed by atoms with Gasteiger partial charge in [0.15, 0.2) is 11.5 Å². The molecule has 3 rings (SSSR count). The minimum Gasteiger partial charge on any atom is -0.226 e. The molecular weight excluding hydrogens is 362 g/mol. The van der Waals surface area contributed by atoms with Crippen LogP contribution in [-0.4, -0.2) is 19.7 Å². The van der Waals surface area contributed by atoms with Gasteiger partial charge in [-0.15, -0.1) is 0 Å². The predicted octanol–water partition coefficient (Wildman–Crippen LogP) is 4.51. The van der Waals surface area contributed by atoms with E-state index in [1.54, 1.807) is 0 Å². The third kappa shape index (κ3) is 2.77. The van der Waals surface area contributed by atoms with Crippen molar-refractivity contribution in [3.8, 4) is 5.82 Å². The highest BCUT2D eigenvalue weighted by Crippen LogP contribution is 2.37. The number of aromatic nitrogens is 4. The monoisotopic (exact) mass is 366 g/mol. The number of alkyl halides is 6. The van der Waals surface area contributed by atoms with Gasteiger partial charge in [0.25, 0.3) is 0 Å². The molecule has 0 saturated carbocycles. The number of para-hydroxylation sites is 1. The van der Waals surface area contributed by atoms with E-state index in [9.17, 15) is 26.3 Å². The number of halogens is 7. The van der Waals surface area contributed by atoms with Crippen molar-refractivity contribution in [2.75, 3.05) is 0 Å². The van der Waals surface area contributed by atoms with E-state index in [-0.39, 0.29) is 10.9 Å². The Morgan fingerprint density at radius 2 is 1.62 bits per heavy atom. The first-order valence-electron chi connectivity index (χ1n) is 6.24. The fourth-order valence-corrected chi connectivity index (χ4v) is 2.28. The average Bonchev–Trinajstić information content (AvgIpc) is 2.85. The van der Waals surface area contributed by atoms with Crippen molar-refractivity contribution in [3.63, 3.8) is 0 Å². The van der Waals surface area contributed by atoms with Gasteiger partial charge in [-0.3, -0.25) is 0 Å². The summed E-state index contributed by atoms with van der Waals surface area (Å²) in [5.74, 6) is -0.880. The number of benzene rings is 1. The van der Waals surface area contributed by atoms with Gasteiger partial charge >= 0.3 is 12.4 Å². The number of nitrogens with zero attached hydrogens (tertiary/aromatic N) is 4. The lowest BCUT2D eigenvalue weighted by molar-refractivity contribution is -0.140. The Kier molecular flexibility index (Phi) is 3.67. The van der Waals surface area contributed by atoms with Crippen LogP contribution >= 0.6 is 11.6 Å². The van der Waals surface area contributed by atoms with Gasteiger partial charge in [0.2, 0.25) is 5.28 Å². The van der Waals surface area contributed by atoms with Gasteiger partial charge in [-0.05, 0) is 17.7 Å². The zero-order valence-corrected chi connectivity index (χ0v) is 12.1. The SMILES string of the molecule is FC(F)(F)c1cnc(Cl)nc1-n1nc(C(F)(F)F)c2ccccc21. The molecule has 0 spiro atoms. The number of fused-ring (bicyclic) bond motifs is 1. The van der Waals surface area contributed by atoms with Crippen LogP contribution < -0.4 is 0 Å². The van der Waals surface area contributed by atoms with Crippen LogP contribution in [0.25, 0.3) is 16.7 Å². The Balaban J connectivity index is 2.38. The Labute approximate surface area is 134 Å². The minimum atomic E-state index is -4.90. The van der Waals surface area contributed by atoms with Crippen LogP contribution in [0.2, 0.25) is 5.28 Å². The molecule has 0 saturated heterocycles. The second-order valence-electron chi connectivity index (χ2n) is 4.65. The van der Waals surface area contributed by atoms with Crippen LogP contribution in [0.1, 0.15) is 11.3 Å². The van der Waals surface area contributed by atoms with E-state index in [1.165, 1.54) is 18.2 Å². The molecule has 11 heteroatoms. The first-order chi connectivity index (χ1) is 11.1. The summed E-state index contributed by atoms with van der Waals surface area (Å²) in [4.78, 5) is 6.66. The first-order valence-corrected chi connectivity index (χ1v) is 6.62. The highest BCUT2D eigenvalue weighted by atomic mass is 35.5. The lowest BCUT2D eigenvalue weighted by atomic mass is 10.2. The van der Waals surface area contributed by atoms with Crippen molar-refractivity contribution in [2.24, 2.45) is 0 Å². The van der Waals surface area contributed by atoms with Crippen LogP contribution in [0.15, 0.2) is 30.5 Å². The molecule has 0 amide bonds. The van der Waals surface area contributed by atoms with Crippen LogP contribution in [0.4, 0.5) is 26.3 Å². The molecule has 0 radical (unpaired) electrons. The van der Waals surface area contributed by atoms with Crippen molar-refractivity contribution >= 4 is 22.5 Å². The highest BCUT2D eigenvalue weighted by molar-refractivity contribution is 6.28. The van der Waals surface area contributed by atoms with Crippen LogP contribution in [0, 0.1) is 0 Å². The molecule has 0 bridgehead atoms. The predicted molar refractivity (Wildman–Crippen MR) is 71.7 cm³/mol. The molecule has 0 fully saturated rings. The molecule has 24 heavy (non-hydrogen) atoms. The molecule has 3 aromatic rings. The molecule has 4 nitrogen and oxygen atoms in total. The maximum atomic E-state index is 13.1. The van der Waals surface area contributed by atoms with E-state index in [0.29, 0.717) is 10.9 Å². The lowest BCUT2D eigenvalue weighted by Crippen LogP contribution is -2.15. The summed E-state index contributed by atoms with van der Waals surface area (Å²) >= 11 is 5.51. The van der Waals surface area contributed by atoms with Gasteiger partial charge < -0.3 is 0 Å². The summed E-state index contributed by atoms with van der Waals surface area (Å²) in [5, 5.41) is 2.39. The summed E-state index contributed by atoms with van der Waals surface area (Å²) in [6.07, 6.45) is -9.35. The normalized spacial score (nSPS) is 12.8. The van der Waals surface area contributed by atoms with Gasteiger partial charge in [0, 0.05) is 11.6 Å². The third-order valence-electron chi connectivity index (χ3n) is 3.10. The summed E-state index contributed by atoms with van der Waals surface area (Å²) in [7, 11) is 0. The molecule has 0 N–H and O–H groups in total. The summed E-state index contributed by atoms with van der Waals surface area (Å²) in [6, 6.07) is 5.00. The van der Waals surface area contributed by atoms with E-state index in [1.807, 2.05) is 0 Å². The molecule has 2 heterocycles. The van der Waals surface area contributed by atoms with Gasteiger partial charge in [-0.25, -0.2) is 9.67 Å². The molecule has 1 aromatic carbocycles. The fraction of sp³-hybridized carbons (Fsp3) is 0.154. The number of hydrogen-bond acceptors (Lipinski definition) is 3. The molecule has 0 aliphatic carbocycles. The quantitative estimate of drug-likeness (QED) is 0.470. The standard InChI is InChI=1S/C13H5ClF6N4/c14-11-21-5-7(12(15,16)17)10(22-11)24-8-4-2-1-3-6(8)9(23-24)13(18,19)20/h1-5H. The molecule has 0 atom stereocenters. The number of hydrogen-bond donors (Lipinski definition) is 0. The highest BCUT2D eigenvalue weighted by Gasteiger charge is 2.40. The van der Waals surface area contributed by atoms with Gasteiger partial charge in [0.05, 0.1) is 5.52 Å². The zero-order valence-electron chi connectivity index (χ0n) is 11.3. The van der Waals surface area contributed by atoms with Gasteiger partial charge in [-0.1, -0.05) is 18.2 Å². The van der Waals surface area contributed by atoms with Gasteiger partial charge in [0.1, 0.15) is 5.56 Å². The zero-order chi connectivity index (χ0) is 17.7. The summed E-state index contributed by atoms with van der Waals surface area (Å²) in [5.41, 5.74) is -2.86. The molecule has 0 aliphatic heterocycles. The van der Waals surface area contributed by atoms with Crippen molar-refractivity contribution in [3.05, 3.63) is 47.0 Å². The summed E-state index contributed by atoms with van der Waals surface area (Å²) < 4.78 is 79.1. The summed E-state index contributed by atoms with van der Waals surface area (Å²) in [6.45, 7) is 0. The van der Waals surface area contributed by atoms with Gasteiger partial charge in [-0.2, -0.15) is 36.4 Å². The van der Waals surface area contributed by atoms with Crippen molar-refractivity contribution in [1.82, 2.24) is 19.7 Å². The third-order valence-corrected chi connectivity index (χ3v) is 3.28. The van der Waals surface area contributed by atoms with E-state index >= 15 is 0 Å². The van der Waals surface area contributed by atoms with Crippen LogP contribution in [0.5, 0.6) is 0 Å². The lowest BCUT2D eigenvalue weighted by Gasteiger charge is -2.12. The second kappa shape index (κ2) is 5.33. The molecule has 0 aliphatic rings. The Hall–Kier alpha value is -2.36. The Morgan fingerprint density at radius 1 is 0.958 bits per heavy atom. The average molecular weight is 367 g/mol. The van der Waals surface area contributed by atoms with E-state index in [2.05, 4.69) is 15.1 Å². The van der Waals surface area contributed by atoms with Crippen molar-refractivity contribution < 1.29 is 26.3 Å². The molecule has 0 unspecified atom stereocenters. The Bertz CT molecular complexity index is 915. The van der Waals surface area contributed by atoms with E-state index in [4.69, 9.17) is 11.6 Å². The van der Waals surface area contributed by atoms with Crippen LogP contribution in [0.3, 0.4) is 0 Å². The minimum absolute atomic E-state index is 0.190. The maximum absolute atomic E-state index is 13.1. The number of rotatable bonds is 1. The Morgan fingerprint density at radius 3 is 2.25 bits per heavy atom. The molecule has 126 valence electrons. The van der Waals surface area contributed by atoms with E-state index < -0.39 is 34.7 Å². The van der Waals surface area contributed by atoms with Crippen LogP contribution in [-0.2, 0) is 12.4 Å². The van der Waals surface area contributed by atoms with Crippen molar-refractivity contribution in [1.29, 1.82) is 0 Å². The van der Waals surface area contributed by atoms with Crippen molar-refractivity contribution in [2.45, 2.75) is 12.4 Å². The molecular formula is C13H5ClF6N4. The maximum Gasteiger partial charge on any atom is 0.435 e. The largest absolute Gasteiger partial charge is 0.435 e. The fourth-order valence-electron chi connectivity index (χ4n) is 2.15. The first kappa shape index (κ1) is 16.5.